The van der Waals surface area contributed by atoms with E-state index in [0.29, 0.717) is 6.42 Å². The van der Waals surface area contributed by atoms with Crippen LogP contribution in [0.2, 0.25) is 0 Å². The normalized spacial score (nSPS) is 18.4. The third kappa shape index (κ3) is 2.87. The number of nitrogens with zero attached hydrogens (tertiary/aromatic N) is 3. The van der Waals surface area contributed by atoms with Crippen LogP contribution in [0.4, 0.5) is 0 Å². The number of carbonyl (C=O) groups excluding carboxylic acids is 1. The lowest BCUT2D eigenvalue weighted by Crippen LogP contribution is -2.48. The minimum Gasteiger partial charge on any atom is -0.339 e. The number of benzene rings is 1. The second-order valence-corrected chi connectivity index (χ2v) is 6.58. The van der Waals surface area contributed by atoms with Crippen LogP contribution in [0.3, 0.4) is 0 Å². The zero-order chi connectivity index (χ0) is 15.6. The molecule has 1 fully saturated rings. The van der Waals surface area contributed by atoms with Crippen LogP contribution in [0.1, 0.15) is 17.3 Å². The minimum atomic E-state index is 0.181. The number of fused-ring (bicyclic) bond motifs is 1. The summed E-state index contributed by atoms with van der Waals surface area (Å²) in [5.41, 5.74) is 2.25. The molecule has 0 bridgehead atoms. The molecule has 1 amide bonds. The lowest BCUT2D eigenvalue weighted by molar-refractivity contribution is -0.131. The Labute approximate surface area is 138 Å². The summed E-state index contributed by atoms with van der Waals surface area (Å²) in [6.07, 6.45) is 4.12. The van der Waals surface area contributed by atoms with Crippen LogP contribution >= 0.6 is 11.3 Å². The number of aromatic nitrogens is 2. The van der Waals surface area contributed by atoms with Gasteiger partial charge < -0.3 is 10.2 Å². The van der Waals surface area contributed by atoms with Gasteiger partial charge in [-0.2, -0.15) is 0 Å². The van der Waals surface area contributed by atoms with Gasteiger partial charge in [0.25, 0.3) is 0 Å². The van der Waals surface area contributed by atoms with Crippen molar-refractivity contribution in [3.63, 3.8) is 0 Å². The minimum absolute atomic E-state index is 0.181. The molecule has 0 aliphatic carbocycles. The van der Waals surface area contributed by atoms with E-state index in [1.54, 1.807) is 17.5 Å². The molecular formula is C17H18N4OS. The summed E-state index contributed by atoms with van der Waals surface area (Å²) >= 11 is 1.58. The van der Waals surface area contributed by atoms with Gasteiger partial charge >= 0.3 is 0 Å². The molecule has 1 aromatic carbocycles. The number of piperazine rings is 1. The van der Waals surface area contributed by atoms with E-state index < -0.39 is 0 Å². The molecule has 1 atom stereocenters. The average Bonchev–Trinajstić information content (AvgIpc) is 3.21. The molecule has 1 N–H and O–H groups in total. The van der Waals surface area contributed by atoms with Crippen molar-refractivity contribution in [2.45, 2.75) is 12.5 Å². The maximum atomic E-state index is 12.7. The molecule has 2 aromatic heterocycles. The Morgan fingerprint density at radius 3 is 3.09 bits per heavy atom. The highest BCUT2D eigenvalue weighted by atomic mass is 32.1. The molecule has 0 saturated carbocycles. The first-order valence-corrected chi connectivity index (χ1v) is 8.65. The molecule has 3 heterocycles. The molecule has 1 saturated heterocycles. The van der Waals surface area contributed by atoms with Gasteiger partial charge in [0.05, 0.1) is 6.42 Å². The molecule has 0 radical (unpaired) electrons. The first kappa shape index (κ1) is 14.4. The predicted octanol–water partition coefficient (Wildman–Crippen LogP) is 2.11. The topological polar surface area (TPSA) is 49.6 Å². The number of nitrogens with one attached hydrogen (secondary N) is 1. The summed E-state index contributed by atoms with van der Waals surface area (Å²) in [5.74, 6) is 0.181. The molecule has 6 heteroatoms. The Balaban J connectivity index is 1.47. The zero-order valence-corrected chi connectivity index (χ0v) is 13.5. The number of amides is 1. The van der Waals surface area contributed by atoms with E-state index in [2.05, 4.69) is 22.4 Å². The smallest absolute Gasteiger partial charge is 0.228 e. The Bertz CT molecular complexity index is 810. The van der Waals surface area contributed by atoms with Gasteiger partial charge in [-0.1, -0.05) is 30.3 Å². The van der Waals surface area contributed by atoms with Gasteiger partial charge in [0, 0.05) is 49.1 Å². The van der Waals surface area contributed by atoms with Crippen LogP contribution < -0.4 is 5.32 Å². The third-order valence-corrected chi connectivity index (χ3v) is 5.18. The van der Waals surface area contributed by atoms with E-state index in [-0.39, 0.29) is 11.9 Å². The fourth-order valence-electron chi connectivity index (χ4n) is 3.05. The molecule has 1 unspecified atom stereocenters. The Kier molecular flexibility index (Phi) is 3.85. The number of hydrogen-bond donors (Lipinski definition) is 1. The largest absolute Gasteiger partial charge is 0.339 e. The monoisotopic (exact) mass is 326 g/mol. The van der Waals surface area contributed by atoms with Gasteiger partial charge in [-0.05, 0) is 5.56 Å². The van der Waals surface area contributed by atoms with Crippen molar-refractivity contribution in [3.05, 3.63) is 59.4 Å². The number of imidazole rings is 1. The lowest BCUT2D eigenvalue weighted by Gasteiger charge is -2.34. The molecule has 1 aliphatic rings. The van der Waals surface area contributed by atoms with Crippen molar-refractivity contribution in [2.75, 3.05) is 19.6 Å². The molecule has 118 valence electrons. The fraction of sp³-hybridized carbons (Fsp3) is 0.294. The van der Waals surface area contributed by atoms with Gasteiger partial charge in [-0.25, -0.2) is 4.98 Å². The molecule has 4 rings (SSSR count). The summed E-state index contributed by atoms with van der Waals surface area (Å²) in [5, 5.41) is 5.52. The van der Waals surface area contributed by atoms with Crippen LogP contribution in [-0.4, -0.2) is 39.8 Å². The second kappa shape index (κ2) is 6.14. The Morgan fingerprint density at radius 1 is 1.35 bits per heavy atom. The highest BCUT2D eigenvalue weighted by Crippen LogP contribution is 2.19. The summed E-state index contributed by atoms with van der Waals surface area (Å²) in [6.45, 7) is 2.31. The number of hydrogen-bond acceptors (Lipinski definition) is 4. The third-order valence-electron chi connectivity index (χ3n) is 4.28. The van der Waals surface area contributed by atoms with Crippen molar-refractivity contribution in [3.8, 4) is 0 Å². The van der Waals surface area contributed by atoms with E-state index in [1.807, 2.05) is 39.1 Å². The van der Waals surface area contributed by atoms with Crippen LogP contribution in [0, 0.1) is 0 Å². The second-order valence-electron chi connectivity index (χ2n) is 5.74. The van der Waals surface area contributed by atoms with Crippen molar-refractivity contribution in [1.82, 2.24) is 19.6 Å². The van der Waals surface area contributed by atoms with E-state index in [4.69, 9.17) is 0 Å². The lowest BCUT2D eigenvalue weighted by atomic mass is 10.0. The van der Waals surface area contributed by atoms with Gasteiger partial charge in [-0.15, -0.1) is 11.3 Å². The van der Waals surface area contributed by atoms with Gasteiger partial charge in [-0.3, -0.25) is 9.20 Å². The molecule has 5 nitrogen and oxygen atoms in total. The quantitative estimate of drug-likeness (QED) is 0.802. The van der Waals surface area contributed by atoms with E-state index in [9.17, 15) is 4.79 Å². The number of rotatable bonds is 3. The van der Waals surface area contributed by atoms with Crippen molar-refractivity contribution < 1.29 is 4.79 Å². The number of carbonyl (C=O) groups is 1. The Morgan fingerprint density at radius 2 is 2.22 bits per heavy atom. The summed E-state index contributed by atoms with van der Waals surface area (Å²) in [4.78, 5) is 19.8. The first-order chi connectivity index (χ1) is 11.3. The maximum absolute atomic E-state index is 12.7. The van der Waals surface area contributed by atoms with E-state index in [1.165, 1.54) is 5.56 Å². The van der Waals surface area contributed by atoms with Gasteiger partial charge in [0.1, 0.15) is 0 Å². The zero-order valence-electron chi connectivity index (χ0n) is 12.7. The Hall–Kier alpha value is -2.18. The van der Waals surface area contributed by atoms with E-state index >= 15 is 0 Å². The summed E-state index contributed by atoms with van der Waals surface area (Å²) in [6, 6.07) is 10.5. The van der Waals surface area contributed by atoms with Gasteiger partial charge in [0.2, 0.25) is 5.91 Å². The van der Waals surface area contributed by atoms with Crippen LogP contribution in [0.15, 0.2) is 48.1 Å². The first-order valence-electron chi connectivity index (χ1n) is 7.77. The van der Waals surface area contributed by atoms with Crippen LogP contribution in [-0.2, 0) is 11.2 Å². The van der Waals surface area contributed by atoms with Crippen molar-refractivity contribution in [1.29, 1.82) is 0 Å². The van der Waals surface area contributed by atoms with Crippen molar-refractivity contribution >= 4 is 22.2 Å². The predicted molar refractivity (Wildman–Crippen MR) is 90.5 cm³/mol. The van der Waals surface area contributed by atoms with Crippen LogP contribution in [0.5, 0.6) is 0 Å². The molecule has 23 heavy (non-hydrogen) atoms. The maximum Gasteiger partial charge on any atom is 0.228 e. The average molecular weight is 326 g/mol. The van der Waals surface area contributed by atoms with Gasteiger partial charge in [0.15, 0.2) is 4.96 Å². The number of thiazole rings is 1. The highest BCUT2D eigenvalue weighted by molar-refractivity contribution is 7.15. The molecule has 0 spiro atoms. The standard InChI is InChI=1S/C17H18N4OS/c22-16(10-14-12-23-17-19-7-9-21(14)17)20-8-6-18-15(11-20)13-4-2-1-3-5-13/h1-5,7,9,12,15,18H,6,8,10-11H2. The molecule has 3 aromatic rings. The molecule has 1 aliphatic heterocycles. The fourth-order valence-corrected chi connectivity index (χ4v) is 3.90. The van der Waals surface area contributed by atoms with E-state index in [0.717, 1.165) is 30.3 Å². The van der Waals surface area contributed by atoms with Crippen LogP contribution in [0.25, 0.3) is 4.96 Å². The summed E-state index contributed by atoms with van der Waals surface area (Å²) < 4.78 is 2.00. The SMILES string of the molecule is O=C(Cc1csc2nccn12)N1CCNC(c2ccccc2)C1. The highest BCUT2D eigenvalue weighted by Gasteiger charge is 2.24. The molecular weight excluding hydrogens is 308 g/mol. The van der Waals surface area contributed by atoms with Crippen molar-refractivity contribution in [2.24, 2.45) is 0 Å². The summed E-state index contributed by atoms with van der Waals surface area (Å²) in [7, 11) is 0.